The van der Waals surface area contributed by atoms with E-state index in [-0.39, 0.29) is 17.3 Å². The Morgan fingerprint density at radius 2 is 2.19 bits per heavy atom. The first-order valence-electron chi connectivity index (χ1n) is 10.8. The van der Waals surface area contributed by atoms with Crippen LogP contribution in [0.15, 0.2) is 48.7 Å². The highest BCUT2D eigenvalue weighted by atomic mass is 19.1. The van der Waals surface area contributed by atoms with Crippen molar-refractivity contribution in [2.75, 3.05) is 7.11 Å². The Kier molecular flexibility index (Phi) is 6.32. The number of benzene rings is 1. The Morgan fingerprint density at radius 1 is 1.34 bits per heavy atom. The first kappa shape index (κ1) is 22.1. The summed E-state index contributed by atoms with van der Waals surface area (Å²) in [6.07, 6.45) is 10.2. The van der Waals surface area contributed by atoms with Crippen molar-refractivity contribution in [3.63, 3.8) is 0 Å². The highest BCUT2D eigenvalue weighted by Crippen LogP contribution is 2.45. The van der Waals surface area contributed by atoms with E-state index in [4.69, 9.17) is 4.74 Å². The Bertz CT molecular complexity index is 1080. The quantitative estimate of drug-likeness (QED) is 0.598. The van der Waals surface area contributed by atoms with Gasteiger partial charge in [-0.15, -0.1) is 10.2 Å². The van der Waals surface area contributed by atoms with Gasteiger partial charge in [-0.25, -0.2) is 14.4 Å². The molecule has 4 rings (SSSR count). The van der Waals surface area contributed by atoms with Gasteiger partial charge in [0.05, 0.1) is 29.9 Å². The van der Waals surface area contributed by atoms with E-state index < -0.39 is 6.17 Å². The number of alkyl halides is 1. The molecule has 32 heavy (non-hydrogen) atoms. The third-order valence-electron chi connectivity index (χ3n) is 6.25. The fraction of sp³-hybridized carbons (Fsp3) is 0.417. The van der Waals surface area contributed by atoms with Gasteiger partial charge < -0.3 is 14.4 Å². The summed E-state index contributed by atoms with van der Waals surface area (Å²) in [7, 11) is 1.66. The molecule has 3 atom stereocenters. The van der Waals surface area contributed by atoms with Gasteiger partial charge in [0.1, 0.15) is 17.6 Å². The SMILES string of the molecule is CCC[C@@]1(C)C/C(=C\c2cnc(-c3ccc(-n4ccnc4)cc3O)nn2)[C@H](F)C[C@@H]1OC. The summed E-state index contributed by atoms with van der Waals surface area (Å²) in [6.45, 7) is 4.29. The first-order valence-corrected chi connectivity index (χ1v) is 10.8. The summed E-state index contributed by atoms with van der Waals surface area (Å²) in [4.78, 5) is 8.36. The minimum atomic E-state index is -1.08. The standard InChI is InChI=1S/C24H28FN5O2/c1-4-7-24(2)13-16(20(25)12-22(24)32-3)10-17-14-27-23(29-28-17)19-6-5-18(11-21(19)31)30-9-8-26-15-30/h5-6,8-11,14-15,20,22,31H,4,7,12-13H2,1-3H3/b16-10+/t20-,22+,24+/m1/s1. The predicted molar refractivity (Wildman–Crippen MR) is 120 cm³/mol. The summed E-state index contributed by atoms with van der Waals surface area (Å²) < 4.78 is 22.2. The normalized spacial score (nSPS) is 24.7. The van der Waals surface area contributed by atoms with Crippen LogP contribution in [0.4, 0.5) is 4.39 Å². The Labute approximate surface area is 187 Å². The van der Waals surface area contributed by atoms with Crippen molar-refractivity contribution in [2.45, 2.75) is 51.8 Å². The number of phenolic OH excluding ortho intramolecular Hbond substituents is 1. The van der Waals surface area contributed by atoms with Crippen LogP contribution in [0, 0.1) is 5.41 Å². The number of hydrogen-bond acceptors (Lipinski definition) is 6. The van der Waals surface area contributed by atoms with E-state index >= 15 is 0 Å². The lowest BCUT2D eigenvalue weighted by molar-refractivity contribution is -0.0413. The first-order chi connectivity index (χ1) is 15.4. The molecule has 0 bridgehead atoms. The maximum atomic E-state index is 14.8. The van der Waals surface area contributed by atoms with Crippen LogP contribution in [-0.2, 0) is 4.74 Å². The second-order valence-electron chi connectivity index (χ2n) is 8.61. The van der Waals surface area contributed by atoms with Crippen molar-refractivity contribution >= 4 is 6.08 Å². The van der Waals surface area contributed by atoms with Gasteiger partial charge in [-0.2, -0.15) is 0 Å². The van der Waals surface area contributed by atoms with E-state index in [0.717, 1.165) is 18.5 Å². The largest absolute Gasteiger partial charge is 0.507 e. The minimum absolute atomic E-state index is 0.0427. The summed E-state index contributed by atoms with van der Waals surface area (Å²) >= 11 is 0. The van der Waals surface area contributed by atoms with Crippen molar-refractivity contribution in [3.8, 4) is 22.8 Å². The van der Waals surface area contributed by atoms with Crippen LogP contribution in [-0.4, -0.2) is 49.2 Å². The lowest BCUT2D eigenvalue weighted by Gasteiger charge is -2.43. The van der Waals surface area contributed by atoms with Crippen molar-refractivity contribution in [1.29, 1.82) is 0 Å². The maximum Gasteiger partial charge on any atom is 0.185 e. The van der Waals surface area contributed by atoms with Crippen LogP contribution in [0.3, 0.4) is 0 Å². The minimum Gasteiger partial charge on any atom is -0.507 e. The Hall–Kier alpha value is -3.13. The molecule has 0 amide bonds. The van der Waals surface area contributed by atoms with Gasteiger partial charge in [-0.1, -0.05) is 20.3 Å². The molecule has 1 aliphatic carbocycles. The van der Waals surface area contributed by atoms with E-state index in [9.17, 15) is 9.50 Å². The van der Waals surface area contributed by atoms with Crippen LogP contribution in [0.5, 0.6) is 5.75 Å². The molecule has 7 nitrogen and oxygen atoms in total. The second-order valence-corrected chi connectivity index (χ2v) is 8.61. The number of imidazole rings is 1. The second kappa shape index (κ2) is 9.16. The molecule has 0 aliphatic heterocycles. The molecule has 3 aromatic rings. The van der Waals surface area contributed by atoms with Crippen molar-refractivity contribution in [3.05, 3.63) is 54.4 Å². The van der Waals surface area contributed by atoms with Gasteiger partial charge in [-0.05, 0) is 42.0 Å². The summed E-state index contributed by atoms with van der Waals surface area (Å²) in [6, 6.07) is 5.19. The lowest BCUT2D eigenvalue weighted by atomic mass is 9.68. The molecule has 0 radical (unpaired) electrons. The van der Waals surface area contributed by atoms with Gasteiger partial charge in [0.15, 0.2) is 5.82 Å². The Balaban J connectivity index is 1.55. The van der Waals surface area contributed by atoms with Crippen molar-refractivity contribution < 1.29 is 14.2 Å². The number of hydrogen-bond donors (Lipinski definition) is 1. The molecule has 2 aromatic heterocycles. The molecule has 168 valence electrons. The van der Waals surface area contributed by atoms with E-state index in [0.29, 0.717) is 35.5 Å². The third kappa shape index (κ3) is 4.41. The van der Waals surface area contributed by atoms with Crippen LogP contribution >= 0.6 is 0 Å². The fourth-order valence-corrected chi connectivity index (χ4v) is 4.60. The van der Waals surface area contributed by atoms with Crippen LogP contribution < -0.4 is 0 Å². The van der Waals surface area contributed by atoms with Gasteiger partial charge in [0, 0.05) is 32.0 Å². The summed E-state index contributed by atoms with van der Waals surface area (Å²) in [5.41, 5.74) is 2.33. The number of aromatic hydroxyl groups is 1. The van der Waals surface area contributed by atoms with E-state index in [1.807, 2.05) is 6.07 Å². The molecule has 0 saturated heterocycles. The predicted octanol–water partition coefficient (Wildman–Crippen LogP) is 4.77. The fourth-order valence-electron chi connectivity index (χ4n) is 4.60. The van der Waals surface area contributed by atoms with Gasteiger partial charge >= 0.3 is 0 Å². The molecular formula is C24H28FN5O2. The molecule has 1 aliphatic rings. The highest BCUT2D eigenvalue weighted by Gasteiger charge is 2.42. The zero-order chi connectivity index (χ0) is 22.7. The third-order valence-corrected chi connectivity index (χ3v) is 6.25. The topological polar surface area (TPSA) is 86.0 Å². The number of phenols is 1. The number of halogens is 1. The molecule has 8 heteroatoms. The zero-order valence-electron chi connectivity index (χ0n) is 18.6. The molecule has 1 N–H and O–H groups in total. The van der Waals surface area contributed by atoms with E-state index in [1.165, 1.54) is 0 Å². The van der Waals surface area contributed by atoms with Gasteiger partial charge in [0.2, 0.25) is 0 Å². The molecule has 0 spiro atoms. The maximum absolute atomic E-state index is 14.8. The summed E-state index contributed by atoms with van der Waals surface area (Å²) in [5, 5.41) is 18.8. The van der Waals surface area contributed by atoms with Crippen molar-refractivity contribution in [1.82, 2.24) is 24.7 Å². The number of rotatable bonds is 6. The highest BCUT2D eigenvalue weighted by molar-refractivity contribution is 5.66. The molecule has 1 aromatic carbocycles. The van der Waals surface area contributed by atoms with Crippen LogP contribution in [0.25, 0.3) is 23.2 Å². The zero-order valence-corrected chi connectivity index (χ0v) is 18.6. The monoisotopic (exact) mass is 437 g/mol. The smallest absolute Gasteiger partial charge is 0.185 e. The van der Waals surface area contributed by atoms with Crippen molar-refractivity contribution in [2.24, 2.45) is 5.41 Å². The summed E-state index contributed by atoms with van der Waals surface area (Å²) in [5.74, 6) is 0.346. The van der Waals surface area contributed by atoms with Crippen LogP contribution in [0.1, 0.15) is 45.2 Å². The molecule has 2 heterocycles. The molecule has 1 fully saturated rings. The number of methoxy groups -OCH3 is 1. The number of nitrogens with zero attached hydrogens (tertiary/aromatic N) is 5. The van der Waals surface area contributed by atoms with Gasteiger partial charge in [-0.3, -0.25) is 0 Å². The molecular weight excluding hydrogens is 409 g/mol. The van der Waals surface area contributed by atoms with Gasteiger partial charge in [0.25, 0.3) is 0 Å². The lowest BCUT2D eigenvalue weighted by Crippen LogP contribution is -2.41. The number of allylic oxidation sites excluding steroid dienone is 1. The number of ether oxygens (including phenoxy) is 1. The van der Waals surface area contributed by atoms with E-state index in [2.05, 4.69) is 34.0 Å². The number of aromatic nitrogens is 5. The molecule has 0 unspecified atom stereocenters. The molecule has 1 saturated carbocycles. The average molecular weight is 438 g/mol. The van der Waals surface area contributed by atoms with E-state index in [1.54, 1.807) is 54.8 Å². The average Bonchev–Trinajstić information content (AvgIpc) is 3.32. The Morgan fingerprint density at radius 3 is 2.81 bits per heavy atom. The van der Waals surface area contributed by atoms with Crippen LogP contribution in [0.2, 0.25) is 0 Å².